The molecule has 11 heteroatoms. The van der Waals surface area contributed by atoms with Gasteiger partial charge in [-0.15, -0.1) is 0 Å². The lowest BCUT2D eigenvalue weighted by Crippen LogP contribution is -2.36. The standard InChI is InChI=1S/C18H17F5N2O3S/c19-13-2-3-15(17(10-13)29(26,27)18(21,22)23)24-11-12-1-4-16(14(20)9-12)25-5-7-28-8-6-25/h1-4,9-10,24H,5-8,11H2. The summed E-state index contributed by atoms with van der Waals surface area (Å²) in [6.07, 6.45) is 0. The number of nitrogens with zero attached hydrogens (tertiary/aromatic N) is 1. The zero-order chi connectivity index (χ0) is 21.2. The first-order valence-corrected chi connectivity index (χ1v) is 10.0. The van der Waals surface area contributed by atoms with Crippen LogP contribution in [0.2, 0.25) is 0 Å². The molecule has 0 radical (unpaired) electrons. The summed E-state index contributed by atoms with van der Waals surface area (Å²) in [5.41, 5.74) is -5.26. The van der Waals surface area contributed by atoms with Crippen LogP contribution in [0.4, 0.5) is 33.3 Å². The molecule has 29 heavy (non-hydrogen) atoms. The van der Waals surface area contributed by atoms with E-state index in [1.807, 2.05) is 4.90 Å². The Morgan fingerprint density at radius 1 is 1.03 bits per heavy atom. The van der Waals surface area contributed by atoms with Crippen LogP contribution in [0.5, 0.6) is 0 Å². The number of ether oxygens (including phenoxy) is 1. The molecule has 0 aliphatic carbocycles. The number of hydrogen-bond donors (Lipinski definition) is 1. The molecule has 158 valence electrons. The number of benzene rings is 2. The number of rotatable bonds is 5. The molecule has 0 atom stereocenters. The molecule has 1 aliphatic heterocycles. The summed E-state index contributed by atoms with van der Waals surface area (Å²) >= 11 is 0. The van der Waals surface area contributed by atoms with E-state index in [1.165, 1.54) is 12.1 Å². The third kappa shape index (κ3) is 4.61. The van der Waals surface area contributed by atoms with Crippen LogP contribution in [0.1, 0.15) is 5.56 Å². The molecule has 2 aromatic carbocycles. The molecule has 1 aliphatic rings. The van der Waals surface area contributed by atoms with Crippen LogP contribution in [0.3, 0.4) is 0 Å². The Balaban J connectivity index is 1.81. The third-order valence-corrected chi connectivity index (χ3v) is 5.91. The zero-order valence-electron chi connectivity index (χ0n) is 15.0. The first kappa shape index (κ1) is 21.3. The molecular weight excluding hydrogens is 419 g/mol. The minimum absolute atomic E-state index is 0.160. The average Bonchev–Trinajstić information content (AvgIpc) is 2.67. The summed E-state index contributed by atoms with van der Waals surface area (Å²) in [7, 11) is -5.76. The normalized spacial score (nSPS) is 15.4. The van der Waals surface area contributed by atoms with Crippen LogP contribution in [-0.4, -0.2) is 40.2 Å². The number of nitrogens with one attached hydrogen (secondary N) is 1. The molecule has 0 amide bonds. The largest absolute Gasteiger partial charge is 0.501 e. The second kappa shape index (κ2) is 8.15. The van der Waals surface area contributed by atoms with Crippen molar-refractivity contribution >= 4 is 21.2 Å². The molecule has 0 aromatic heterocycles. The molecule has 0 unspecified atom stereocenters. The molecular formula is C18H17F5N2O3S. The first-order valence-electron chi connectivity index (χ1n) is 8.55. The third-order valence-electron chi connectivity index (χ3n) is 4.38. The minimum Gasteiger partial charge on any atom is -0.380 e. The van der Waals surface area contributed by atoms with Crippen molar-refractivity contribution in [3.05, 3.63) is 53.6 Å². The van der Waals surface area contributed by atoms with Gasteiger partial charge in [0.15, 0.2) is 0 Å². The van der Waals surface area contributed by atoms with Gasteiger partial charge in [-0.3, -0.25) is 0 Å². The molecule has 0 bridgehead atoms. The van der Waals surface area contributed by atoms with Crippen LogP contribution in [0, 0.1) is 11.6 Å². The lowest BCUT2D eigenvalue weighted by Gasteiger charge is -2.29. The summed E-state index contributed by atoms with van der Waals surface area (Å²) < 4.78 is 95.0. The number of morpholine rings is 1. The molecule has 0 saturated carbocycles. The molecule has 2 aromatic rings. The van der Waals surface area contributed by atoms with E-state index in [1.54, 1.807) is 6.07 Å². The maximum Gasteiger partial charge on any atom is 0.501 e. The van der Waals surface area contributed by atoms with Crippen LogP contribution in [-0.2, 0) is 21.1 Å². The van der Waals surface area contributed by atoms with E-state index in [2.05, 4.69) is 5.32 Å². The minimum atomic E-state index is -5.76. The Morgan fingerprint density at radius 3 is 2.34 bits per heavy atom. The summed E-state index contributed by atoms with van der Waals surface area (Å²) in [5.74, 6) is -1.65. The van der Waals surface area contributed by atoms with Gasteiger partial charge >= 0.3 is 5.51 Å². The second-order valence-corrected chi connectivity index (χ2v) is 8.24. The highest BCUT2D eigenvalue weighted by molar-refractivity contribution is 7.92. The number of sulfone groups is 1. The molecule has 1 N–H and O–H groups in total. The van der Waals surface area contributed by atoms with Gasteiger partial charge in [-0.05, 0) is 35.9 Å². The van der Waals surface area contributed by atoms with E-state index >= 15 is 0 Å². The van der Waals surface area contributed by atoms with E-state index in [-0.39, 0.29) is 6.54 Å². The second-order valence-electron chi connectivity index (χ2n) is 6.33. The Hall–Kier alpha value is -2.40. The van der Waals surface area contributed by atoms with E-state index in [4.69, 9.17) is 4.74 Å². The average molecular weight is 436 g/mol. The van der Waals surface area contributed by atoms with Crippen molar-refractivity contribution in [1.82, 2.24) is 0 Å². The van der Waals surface area contributed by atoms with E-state index in [9.17, 15) is 30.4 Å². The van der Waals surface area contributed by atoms with Gasteiger partial charge < -0.3 is 15.0 Å². The van der Waals surface area contributed by atoms with Gasteiger partial charge in [-0.1, -0.05) is 6.07 Å². The van der Waals surface area contributed by atoms with E-state index < -0.39 is 37.6 Å². The summed E-state index contributed by atoms with van der Waals surface area (Å²) in [4.78, 5) is 0.583. The van der Waals surface area contributed by atoms with Crippen LogP contribution in [0.15, 0.2) is 41.3 Å². The highest BCUT2D eigenvalue weighted by Gasteiger charge is 2.48. The van der Waals surface area contributed by atoms with Gasteiger partial charge in [0.25, 0.3) is 9.84 Å². The Morgan fingerprint density at radius 2 is 1.72 bits per heavy atom. The molecule has 1 fully saturated rings. The summed E-state index contributed by atoms with van der Waals surface area (Å²) in [6.45, 7) is 1.85. The molecule has 5 nitrogen and oxygen atoms in total. The van der Waals surface area contributed by atoms with Gasteiger partial charge in [0.1, 0.15) is 16.5 Å². The van der Waals surface area contributed by atoms with Crippen molar-refractivity contribution in [2.45, 2.75) is 16.9 Å². The highest BCUT2D eigenvalue weighted by Crippen LogP contribution is 2.35. The highest BCUT2D eigenvalue weighted by atomic mass is 32.2. The fourth-order valence-corrected chi connectivity index (χ4v) is 3.85. The van der Waals surface area contributed by atoms with Crippen molar-refractivity contribution in [3.8, 4) is 0 Å². The molecule has 1 heterocycles. The van der Waals surface area contributed by atoms with Crippen molar-refractivity contribution < 1.29 is 35.1 Å². The van der Waals surface area contributed by atoms with Crippen LogP contribution in [0.25, 0.3) is 0 Å². The molecule has 0 spiro atoms. The predicted octanol–water partition coefficient (Wildman–Crippen LogP) is 3.71. The summed E-state index contributed by atoms with van der Waals surface area (Å²) in [5, 5.41) is 2.52. The van der Waals surface area contributed by atoms with Crippen LogP contribution < -0.4 is 10.2 Å². The van der Waals surface area contributed by atoms with Gasteiger partial charge in [0, 0.05) is 19.6 Å². The van der Waals surface area contributed by atoms with Gasteiger partial charge in [-0.25, -0.2) is 17.2 Å². The number of hydrogen-bond acceptors (Lipinski definition) is 5. The number of alkyl halides is 3. The maximum atomic E-state index is 14.4. The monoisotopic (exact) mass is 436 g/mol. The first-order chi connectivity index (χ1) is 13.6. The van der Waals surface area contributed by atoms with Crippen molar-refractivity contribution in [2.75, 3.05) is 36.5 Å². The van der Waals surface area contributed by atoms with Crippen molar-refractivity contribution in [2.24, 2.45) is 0 Å². The lowest BCUT2D eigenvalue weighted by molar-refractivity contribution is -0.0435. The lowest BCUT2D eigenvalue weighted by atomic mass is 10.1. The van der Waals surface area contributed by atoms with Gasteiger partial charge in [-0.2, -0.15) is 13.2 Å². The number of anilines is 2. The Labute approximate surface area is 164 Å². The maximum absolute atomic E-state index is 14.4. The van der Waals surface area contributed by atoms with Crippen molar-refractivity contribution in [3.63, 3.8) is 0 Å². The van der Waals surface area contributed by atoms with E-state index in [0.717, 1.165) is 12.1 Å². The SMILES string of the molecule is O=S(=O)(c1cc(F)ccc1NCc1ccc(N2CCOCC2)c(F)c1)C(F)(F)F. The smallest absolute Gasteiger partial charge is 0.380 e. The Kier molecular flexibility index (Phi) is 5.99. The van der Waals surface area contributed by atoms with E-state index in [0.29, 0.717) is 43.6 Å². The quantitative estimate of drug-likeness (QED) is 0.725. The summed E-state index contributed by atoms with van der Waals surface area (Å²) in [6, 6.07) is 6.34. The number of halogens is 5. The fraction of sp³-hybridized carbons (Fsp3) is 0.333. The Bertz CT molecular complexity index is 989. The molecule has 1 saturated heterocycles. The fourth-order valence-electron chi connectivity index (χ4n) is 2.91. The predicted molar refractivity (Wildman–Crippen MR) is 96.4 cm³/mol. The zero-order valence-corrected chi connectivity index (χ0v) is 15.8. The topological polar surface area (TPSA) is 58.6 Å². The van der Waals surface area contributed by atoms with Crippen molar-refractivity contribution in [1.29, 1.82) is 0 Å². The molecule has 3 rings (SSSR count). The van der Waals surface area contributed by atoms with Gasteiger partial charge in [0.2, 0.25) is 0 Å². The van der Waals surface area contributed by atoms with Gasteiger partial charge in [0.05, 0.1) is 24.6 Å². The van der Waals surface area contributed by atoms with Crippen LogP contribution >= 0.6 is 0 Å².